The molecular formula is C18H18ClFN2O2. The first-order valence-corrected chi connectivity index (χ1v) is 7.88. The number of benzene rings is 2. The molecule has 24 heavy (non-hydrogen) atoms. The normalized spacial score (nSPS) is 10.3. The van der Waals surface area contributed by atoms with E-state index in [1.54, 1.807) is 29.2 Å². The molecule has 0 saturated carbocycles. The highest BCUT2D eigenvalue weighted by Gasteiger charge is 2.13. The number of anilines is 1. The maximum atomic E-state index is 13.5. The molecule has 6 heteroatoms. The molecule has 0 aliphatic rings. The largest absolute Gasteiger partial charge is 0.338 e. The van der Waals surface area contributed by atoms with E-state index in [4.69, 9.17) is 11.6 Å². The molecule has 2 amide bonds. The monoisotopic (exact) mass is 348 g/mol. The van der Waals surface area contributed by atoms with Gasteiger partial charge in [0.05, 0.1) is 5.69 Å². The van der Waals surface area contributed by atoms with E-state index in [1.807, 2.05) is 12.1 Å². The number of carbonyl (C=O) groups is 2. The minimum absolute atomic E-state index is 0.0848. The van der Waals surface area contributed by atoms with Crippen LogP contribution in [-0.2, 0) is 16.1 Å². The van der Waals surface area contributed by atoms with E-state index in [0.29, 0.717) is 11.6 Å². The van der Waals surface area contributed by atoms with Gasteiger partial charge < -0.3 is 10.2 Å². The summed E-state index contributed by atoms with van der Waals surface area (Å²) in [6, 6.07) is 13.1. The number of nitrogens with one attached hydrogen (secondary N) is 1. The van der Waals surface area contributed by atoms with Crippen LogP contribution in [0.15, 0.2) is 48.5 Å². The van der Waals surface area contributed by atoms with Crippen LogP contribution < -0.4 is 5.32 Å². The van der Waals surface area contributed by atoms with E-state index < -0.39 is 5.82 Å². The second kappa shape index (κ2) is 8.45. The summed E-state index contributed by atoms with van der Waals surface area (Å²) in [7, 11) is 0. The Balaban J connectivity index is 1.91. The zero-order valence-electron chi connectivity index (χ0n) is 13.3. The lowest BCUT2D eigenvalue weighted by atomic mass is 10.2. The van der Waals surface area contributed by atoms with Gasteiger partial charge in [-0.25, -0.2) is 4.39 Å². The van der Waals surface area contributed by atoms with Gasteiger partial charge in [-0.05, 0) is 29.8 Å². The summed E-state index contributed by atoms with van der Waals surface area (Å²) in [4.78, 5) is 25.3. The van der Waals surface area contributed by atoms with Gasteiger partial charge in [0, 0.05) is 31.5 Å². The Morgan fingerprint density at radius 3 is 2.42 bits per heavy atom. The van der Waals surface area contributed by atoms with Crippen LogP contribution in [0.1, 0.15) is 18.9 Å². The Hall–Kier alpha value is -2.40. The average molecular weight is 349 g/mol. The highest BCUT2D eigenvalue weighted by molar-refractivity contribution is 6.30. The average Bonchev–Trinajstić information content (AvgIpc) is 2.55. The third-order valence-corrected chi connectivity index (χ3v) is 3.74. The fourth-order valence-electron chi connectivity index (χ4n) is 2.17. The summed E-state index contributed by atoms with van der Waals surface area (Å²) in [6.45, 7) is 2.09. The minimum Gasteiger partial charge on any atom is -0.338 e. The molecular weight excluding hydrogens is 331 g/mol. The van der Waals surface area contributed by atoms with E-state index in [2.05, 4.69) is 5.32 Å². The quantitative estimate of drug-likeness (QED) is 0.861. The van der Waals surface area contributed by atoms with Crippen LogP contribution in [0.3, 0.4) is 0 Å². The molecule has 0 heterocycles. The highest BCUT2D eigenvalue weighted by atomic mass is 35.5. The van der Waals surface area contributed by atoms with Crippen molar-refractivity contribution in [3.8, 4) is 0 Å². The molecule has 0 radical (unpaired) electrons. The summed E-state index contributed by atoms with van der Waals surface area (Å²) in [5.41, 5.74) is 1.05. The molecule has 0 aliphatic heterocycles. The number of rotatable bonds is 6. The predicted octanol–water partition coefficient (Wildman–Crippen LogP) is 3.86. The molecule has 0 bridgehead atoms. The molecule has 2 aromatic carbocycles. The van der Waals surface area contributed by atoms with Gasteiger partial charge in [-0.1, -0.05) is 35.9 Å². The number of hydrogen-bond donors (Lipinski definition) is 1. The fourth-order valence-corrected chi connectivity index (χ4v) is 2.30. The van der Waals surface area contributed by atoms with E-state index >= 15 is 0 Å². The molecule has 0 saturated heterocycles. The molecule has 0 fully saturated rings. The number of nitrogens with zero attached hydrogens (tertiary/aromatic N) is 1. The van der Waals surface area contributed by atoms with Gasteiger partial charge in [0.1, 0.15) is 5.82 Å². The van der Waals surface area contributed by atoms with Crippen LogP contribution in [0.5, 0.6) is 0 Å². The Kier molecular flexibility index (Phi) is 6.32. The van der Waals surface area contributed by atoms with Crippen molar-refractivity contribution in [1.82, 2.24) is 4.90 Å². The van der Waals surface area contributed by atoms with Gasteiger partial charge >= 0.3 is 0 Å². The maximum Gasteiger partial charge on any atom is 0.226 e. The number of para-hydroxylation sites is 1. The van der Waals surface area contributed by atoms with Crippen LogP contribution in [0, 0.1) is 5.82 Å². The first-order chi connectivity index (χ1) is 11.5. The molecule has 1 N–H and O–H groups in total. The van der Waals surface area contributed by atoms with Crippen LogP contribution in [-0.4, -0.2) is 23.3 Å². The lowest BCUT2D eigenvalue weighted by Crippen LogP contribution is -2.31. The minimum atomic E-state index is -0.490. The number of carbonyl (C=O) groups excluding carboxylic acids is 2. The summed E-state index contributed by atoms with van der Waals surface area (Å²) in [5, 5.41) is 3.13. The third-order valence-electron chi connectivity index (χ3n) is 3.49. The molecule has 4 nitrogen and oxygen atoms in total. The van der Waals surface area contributed by atoms with Crippen molar-refractivity contribution in [1.29, 1.82) is 0 Å². The SMILES string of the molecule is CC(=O)N(CCC(=O)Nc1ccccc1F)Cc1ccc(Cl)cc1. The summed E-state index contributed by atoms with van der Waals surface area (Å²) >= 11 is 5.84. The van der Waals surface area contributed by atoms with Gasteiger partial charge in [0.2, 0.25) is 11.8 Å². The number of hydrogen-bond acceptors (Lipinski definition) is 2. The molecule has 0 aliphatic carbocycles. The third kappa shape index (κ3) is 5.35. The Morgan fingerprint density at radius 1 is 1.12 bits per heavy atom. The topological polar surface area (TPSA) is 49.4 Å². The van der Waals surface area contributed by atoms with Crippen LogP contribution >= 0.6 is 11.6 Å². The van der Waals surface area contributed by atoms with Gasteiger partial charge in [0.25, 0.3) is 0 Å². The molecule has 0 unspecified atom stereocenters. The van der Waals surface area contributed by atoms with E-state index in [-0.39, 0.29) is 30.5 Å². The van der Waals surface area contributed by atoms with Crippen LogP contribution in [0.2, 0.25) is 5.02 Å². The molecule has 0 atom stereocenters. The fraction of sp³-hybridized carbons (Fsp3) is 0.222. The molecule has 2 rings (SSSR count). The van der Waals surface area contributed by atoms with Gasteiger partial charge in [-0.15, -0.1) is 0 Å². The lowest BCUT2D eigenvalue weighted by molar-refractivity contribution is -0.129. The van der Waals surface area contributed by atoms with Gasteiger partial charge in [0.15, 0.2) is 0 Å². The van der Waals surface area contributed by atoms with Crippen molar-refractivity contribution in [3.05, 3.63) is 64.9 Å². The van der Waals surface area contributed by atoms with Crippen molar-refractivity contribution in [3.63, 3.8) is 0 Å². The summed E-state index contributed by atoms with van der Waals surface area (Å²) < 4.78 is 13.5. The van der Waals surface area contributed by atoms with E-state index in [9.17, 15) is 14.0 Å². The molecule has 0 aromatic heterocycles. The second-order valence-corrected chi connectivity index (χ2v) is 5.78. The van der Waals surface area contributed by atoms with E-state index in [0.717, 1.165) is 5.56 Å². The van der Waals surface area contributed by atoms with Crippen LogP contribution in [0.25, 0.3) is 0 Å². The Morgan fingerprint density at radius 2 is 1.79 bits per heavy atom. The highest BCUT2D eigenvalue weighted by Crippen LogP contribution is 2.14. The zero-order valence-corrected chi connectivity index (χ0v) is 14.0. The lowest BCUT2D eigenvalue weighted by Gasteiger charge is -2.21. The second-order valence-electron chi connectivity index (χ2n) is 5.35. The first-order valence-electron chi connectivity index (χ1n) is 7.50. The smallest absolute Gasteiger partial charge is 0.226 e. The molecule has 2 aromatic rings. The first kappa shape index (κ1) is 17.9. The van der Waals surface area contributed by atoms with Crippen molar-refractivity contribution in [2.45, 2.75) is 19.9 Å². The van der Waals surface area contributed by atoms with Crippen molar-refractivity contribution in [2.75, 3.05) is 11.9 Å². The Labute approximate surface area is 145 Å². The van der Waals surface area contributed by atoms with Crippen LogP contribution in [0.4, 0.5) is 10.1 Å². The predicted molar refractivity (Wildman–Crippen MR) is 92.2 cm³/mol. The van der Waals surface area contributed by atoms with Gasteiger partial charge in [-0.2, -0.15) is 0 Å². The summed E-state index contributed by atoms with van der Waals surface area (Å²) in [6.07, 6.45) is 0.0848. The van der Waals surface area contributed by atoms with Gasteiger partial charge in [-0.3, -0.25) is 9.59 Å². The number of halogens is 2. The van der Waals surface area contributed by atoms with Crippen molar-refractivity contribution < 1.29 is 14.0 Å². The Bertz CT molecular complexity index is 719. The van der Waals surface area contributed by atoms with Crippen molar-refractivity contribution >= 4 is 29.1 Å². The maximum absolute atomic E-state index is 13.5. The number of amides is 2. The standard InChI is InChI=1S/C18H18ClFN2O2/c1-13(23)22(12-14-6-8-15(19)9-7-14)11-10-18(24)21-17-5-3-2-4-16(17)20/h2-9H,10-12H2,1H3,(H,21,24). The zero-order chi connectivity index (χ0) is 17.5. The van der Waals surface area contributed by atoms with Crippen molar-refractivity contribution in [2.24, 2.45) is 0 Å². The molecule has 126 valence electrons. The van der Waals surface area contributed by atoms with E-state index in [1.165, 1.54) is 19.1 Å². The molecule has 0 spiro atoms. The summed E-state index contributed by atoms with van der Waals surface area (Å²) in [5.74, 6) is -0.971.